The predicted octanol–water partition coefficient (Wildman–Crippen LogP) is 3.56. The molecule has 0 aliphatic heterocycles. The van der Waals surface area contributed by atoms with Gasteiger partial charge in [0.25, 0.3) is 5.91 Å². The molecule has 0 aliphatic carbocycles. The van der Waals surface area contributed by atoms with Gasteiger partial charge in [-0.25, -0.2) is 9.37 Å². The minimum absolute atomic E-state index is 0.296. The lowest BCUT2D eigenvalue weighted by molar-refractivity contribution is 0.0997. The second-order valence-electron chi connectivity index (χ2n) is 5.50. The van der Waals surface area contributed by atoms with Gasteiger partial charge in [-0.3, -0.25) is 4.79 Å². The zero-order valence-corrected chi connectivity index (χ0v) is 13.4. The quantitative estimate of drug-likeness (QED) is 0.594. The number of halogens is 1. The number of H-pyrrole nitrogens is 2. The zero-order valence-electron chi connectivity index (χ0n) is 13.4. The average molecular weight is 348 g/mol. The normalized spacial score (nSPS) is 11.7. The summed E-state index contributed by atoms with van der Waals surface area (Å²) in [7, 11) is 0. The summed E-state index contributed by atoms with van der Waals surface area (Å²) >= 11 is 0. The van der Waals surface area contributed by atoms with Crippen LogP contribution in [0.1, 0.15) is 10.4 Å². The lowest BCUT2D eigenvalue weighted by Gasteiger charge is -2.03. The predicted molar refractivity (Wildman–Crippen MR) is 93.3 cm³/mol. The van der Waals surface area contributed by atoms with E-state index in [2.05, 4.69) is 19.9 Å². The summed E-state index contributed by atoms with van der Waals surface area (Å²) in [6.45, 7) is 0. The summed E-state index contributed by atoms with van der Waals surface area (Å²) in [6, 6.07) is 16.0. The van der Waals surface area contributed by atoms with E-state index in [9.17, 15) is 9.18 Å². The van der Waals surface area contributed by atoms with Crippen molar-refractivity contribution >= 4 is 16.9 Å². The van der Waals surface area contributed by atoms with Crippen molar-refractivity contribution in [1.29, 1.82) is 0 Å². The van der Waals surface area contributed by atoms with Gasteiger partial charge in [-0.05, 0) is 42.5 Å². The van der Waals surface area contributed by atoms with Crippen molar-refractivity contribution in [3.05, 3.63) is 83.9 Å². The number of carbonyl (C=O) groups is 1. The fraction of sp³-hybridized carbons (Fsp3) is 0. The summed E-state index contributed by atoms with van der Waals surface area (Å²) in [4.78, 5) is 26.3. The van der Waals surface area contributed by atoms with Crippen LogP contribution >= 0.6 is 0 Å². The third kappa shape index (κ3) is 3.36. The Balaban J connectivity index is 1.63. The molecular formula is C19H13FN4O2. The van der Waals surface area contributed by atoms with Crippen LogP contribution in [0.25, 0.3) is 11.0 Å². The number of amides is 1. The van der Waals surface area contributed by atoms with Gasteiger partial charge in [0.15, 0.2) is 0 Å². The minimum Gasteiger partial charge on any atom is -0.439 e. The zero-order chi connectivity index (χ0) is 17.9. The Bertz CT molecular complexity index is 1130. The van der Waals surface area contributed by atoms with Gasteiger partial charge in [-0.15, -0.1) is 0 Å². The third-order valence-electron chi connectivity index (χ3n) is 3.66. The van der Waals surface area contributed by atoms with Gasteiger partial charge >= 0.3 is 0 Å². The number of nitrogens with one attached hydrogen (secondary N) is 2. The smallest absolute Gasteiger partial charge is 0.280 e. The van der Waals surface area contributed by atoms with Crippen LogP contribution in [-0.4, -0.2) is 20.9 Å². The number of aromatic amines is 2. The maximum atomic E-state index is 12.9. The Kier molecular flexibility index (Phi) is 4.03. The molecule has 2 aromatic carbocycles. The molecule has 2 N–H and O–H groups in total. The Morgan fingerprint density at radius 3 is 2.58 bits per heavy atom. The second-order valence-corrected chi connectivity index (χ2v) is 5.50. The molecule has 0 bridgehead atoms. The van der Waals surface area contributed by atoms with Crippen molar-refractivity contribution in [2.45, 2.75) is 0 Å². The van der Waals surface area contributed by atoms with E-state index in [0.29, 0.717) is 22.8 Å². The van der Waals surface area contributed by atoms with E-state index < -0.39 is 11.7 Å². The molecule has 128 valence electrons. The van der Waals surface area contributed by atoms with Crippen LogP contribution < -0.4 is 10.4 Å². The topological polar surface area (TPSA) is 83.1 Å². The molecule has 0 unspecified atom stereocenters. The second kappa shape index (κ2) is 6.64. The summed E-state index contributed by atoms with van der Waals surface area (Å²) in [5.74, 6) is 0.207. The first-order valence-electron chi connectivity index (χ1n) is 7.83. The Morgan fingerprint density at radius 2 is 1.81 bits per heavy atom. The molecule has 6 nitrogen and oxygen atoms in total. The number of hydrogen-bond acceptors (Lipinski definition) is 3. The molecule has 0 atom stereocenters. The standard InChI is InChI=1S/C19H13FN4O2/c20-13-6-4-12(5-7-13)18(25)24-19-22-15-9-8-14(11-16(15)23-19)26-17-3-1-2-10-21-17/h1-11H,(H2,22,23,24,25). The van der Waals surface area contributed by atoms with Crippen molar-refractivity contribution in [1.82, 2.24) is 15.0 Å². The molecule has 0 spiro atoms. The van der Waals surface area contributed by atoms with Crippen LogP contribution in [0.15, 0.2) is 71.9 Å². The molecule has 0 saturated carbocycles. The third-order valence-corrected chi connectivity index (χ3v) is 3.66. The minimum atomic E-state index is -0.474. The first kappa shape index (κ1) is 15.8. The van der Waals surface area contributed by atoms with Crippen LogP contribution in [0.3, 0.4) is 0 Å². The van der Waals surface area contributed by atoms with Crippen molar-refractivity contribution in [3.8, 4) is 11.6 Å². The lowest BCUT2D eigenvalue weighted by Crippen LogP contribution is -2.10. The van der Waals surface area contributed by atoms with Crippen molar-refractivity contribution in [2.24, 2.45) is 4.99 Å². The molecule has 4 rings (SSSR count). The van der Waals surface area contributed by atoms with E-state index in [-0.39, 0.29) is 0 Å². The molecule has 4 aromatic rings. The monoisotopic (exact) mass is 348 g/mol. The fourth-order valence-electron chi connectivity index (χ4n) is 2.43. The number of fused-ring (bicyclic) bond motifs is 1. The molecule has 0 aliphatic rings. The van der Waals surface area contributed by atoms with Gasteiger partial charge in [-0.1, -0.05) is 6.07 Å². The number of carbonyl (C=O) groups excluding carboxylic acids is 1. The Labute approximate surface area is 147 Å². The van der Waals surface area contributed by atoms with E-state index in [1.54, 1.807) is 24.4 Å². The van der Waals surface area contributed by atoms with Crippen LogP contribution in [0.4, 0.5) is 4.39 Å². The van der Waals surface area contributed by atoms with E-state index in [1.807, 2.05) is 18.2 Å². The van der Waals surface area contributed by atoms with Gasteiger partial charge in [0.05, 0.1) is 11.0 Å². The molecular weight excluding hydrogens is 335 g/mol. The Hall–Kier alpha value is -3.74. The van der Waals surface area contributed by atoms with Gasteiger partial charge in [0.1, 0.15) is 11.6 Å². The number of aromatic nitrogens is 3. The molecule has 26 heavy (non-hydrogen) atoms. The number of rotatable bonds is 3. The van der Waals surface area contributed by atoms with E-state index in [4.69, 9.17) is 4.74 Å². The molecule has 0 fully saturated rings. The highest BCUT2D eigenvalue weighted by Crippen LogP contribution is 2.21. The highest BCUT2D eigenvalue weighted by molar-refractivity contribution is 5.94. The van der Waals surface area contributed by atoms with Crippen LogP contribution in [0.5, 0.6) is 11.6 Å². The van der Waals surface area contributed by atoms with Crippen molar-refractivity contribution in [3.63, 3.8) is 0 Å². The van der Waals surface area contributed by atoms with Gasteiger partial charge in [0, 0.05) is 23.9 Å². The maximum Gasteiger partial charge on any atom is 0.280 e. The molecule has 0 saturated heterocycles. The average Bonchev–Trinajstić information content (AvgIpc) is 3.04. The number of benzene rings is 2. The van der Waals surface area contributed by atoms with Crippen molar-refractivity contribution < 1.29 is 13.9 Å². The maximum absolute atomic E-state index is 12.9. The molecule has 2 aromatic heterocycles. The Morgan fingerprint density at radius 1 is 1.00 bits per heavy atom. The number of imidazole rings is 1. The van der Waals surface area contributed by atoms with Crippen LogP contribution in [0.2, 0.25) is 0 Å². The highest BCUT2D eigenvalue weighted by atomic mass is 19.1. The molecule has 0 radical (unpaired) electrons. The lowest BCUT2D eigenvalue weighted by atomic mass is 10.2. The summed E-state index contributed by atoms with van der Waals surface area (Å²) in [5, 5.41) is 0. The number of nitrogens with zero attached hydrogens (tertiary/aromatic N) is 2. The van der Waals surface area contributed by atoms with Crippen molar-refractivity contribution in [2.75, 3.05) is 0 Å². The molecule has 2 heterocycles. The first-order valence-corrected chi connectivity index (χ1v) is 7.83. The van der Waals surface area contributed by atoms with Crippen LogP contribution in [-0.2, 0) is 0 Å². The molecule has 7 heteroatoms. The number of ether oxygens (including phenoxy) is 1. The van der Waals surface area contributed by atoms with Gasteiger partial charge in [-0.2, -0.15) is 4.99 Å². The summed E-state index contributed by atoms with van der Waals surface area (Å²) in [6.07, 6.45) is 1.65. The number of hydrogen-bond donors (Lipinski definition) is 2. The fourth-order valence-corrected chi connectivity index (χ4v) is 2.43. The summed E-state index contributed by atoms with van der Waals surface area (Å²) in [5.41, 5.74) is 2.09. The van der Waals surface area contributed by atoms with E-state index >= 15 is 0 Å². The number of pyridine rings is 1. The SMILES string of the molecule is O=C(/N=c1\[nH]c2ccc(Oc3ccccn3)cc2[nH]1)c1ccc(F)cc1. The summed E-state index contributed by atoms with van der Waals surface area (Å²) < 4.78 is 18.6. The van der Waals surface area contributed by atoms with E-state index in [0.717, 1.165) is 11.0 Å². The van der Waals surface area contributed by atoms with Gasteiger partial charge in [0.2, 0.25) is 11.5 Å². The largest absolute Gasteiger partial charge is 0.439 e. The van der Waals surface area contributed by atoms with Crippen LogP contribution in [0, 0.1) is 5.82 Å². The molecule has 1 amide bonds. The highest BCUT2D eigenvalue weighted by Gasteiger charge is 2.06. The van der Waals surface area contributed by atoms with Gasteiger partial charge < -0.3 is 14.7 Å². The van der Waals surface area contributed by atoms with E-state index in [1.165, 1.54) is 24.3 Å². The first-order chi connectivity index (χ1) is 12.7.